The first kappa shape index (κ1) is 14.0. The normalized spacial score (nSPS) is 27.8. The van der Waals surface area contributed by atoms with E-state index in [4.69, 9.17) is 8.83 Å². The first-order valence-electron chi connectivity index (χ1n) is 7.77. The minimum Gasteiger partial charge on any atom is -0.465 e. The molecule has 2 aliphatic rings. The summed E-state index contributed by atoms with van der Waals surface area (Å²) in [5, 5.41) is 0. The van der Waals surface area contributed by atoms with Crippen LogP contribution in [-0.2, 0) is 9.59 Å². The van der Waals surface area contributed by atoms with Crippen molar-refractivity contribution < 1.29 is 18.4 Å². The predicted octanol–water partition coefficient (Wildman–Crippen LogP) is 3.91. The summed E-state index contributed by atoms with van der Waals surface area (Å²) < 4.78 is 10.6. The molecule has 0 unspecified atom stereocenters. The molecule has 0 saturated heterocycles. The number of allylic oxidation sites excluding steroid dienone is 2. The molecule has 23 heavy (non-hydrogen) atoms. The average molecular weight is 308 g/mol. The van der Waals surface area contributed by atoms with Gasteiger partial charge >= 0.3 is 0 Å². The minimum absolute atomic E-state index is 0.117. The van der Waals surface area contributed by atoms with Crippen molar-refractivity contribution in [3.05, 3.63) is 59.5 Å². The number of fused-ring (bicyclic) bond motifs is 2. The summed E-state index contributed by atoms with van der Waals surface area (Å²) in [6.45, 7) is 0. The van der Waals surface area contributed by atoms with Crippen LogP contribution in [0.5, 0.6) is 0 Å². The van der Waals surface area contributed by atoms with Crippen LogP contribution in [0.3, 0.4) is 0 Å². The molecule has 2 fully saturated rings. The van der Waals surface area contributed by atoms with Gasteiger partial charge in [0, 0.05) is 11.8 Å². The Morgan fingerprint density at radius 3 is 1.70 bits per heavy atom. The number of furan rings is 2. The largest absolute Gasteiger partial charge is 0.465 e. The molecular weight excluding hydrogens is 292 g/mol. The van der Waals surface area contributed by atoms with Crippen LogP contribution >= 0.6 is 0 Å². The Bertz CT molecular complexity index is 722. The van der Waals surface area contributed by atoms with Gasteiger partial charge in [-0.2, -0.15) is 0 Å². The lowest BCUT2D eigenvalue weighted by Gasteiger charge is -2.34. The molecule has 4 nitrogen and oxygen atoms in total. The predicted molar refractivity (Wildman–Crippen MR) is 84.2 cm³/mol. The fraction of sp³-hybridized carbons (Fsp3) is 0.263. The van der Waals surface area contributed by atoms with E-state index in [2.05, 4.69) is 0 Å². The summed E-state index contributed by atoms with van der Waals surface area (Å²) in [6.07, 6.45) is 8.34. The Balaban J connectivity index is 1.63. The first-order chi connectivity index (χ1) is 11.2. The van der Waals surface area contributed by atoms with E-state index >= 15 is 0 Å². The van der Waals surface area contributed by atoms with Crippen LogP contribution in [0.15, 0.2) is 56.8 Å². The Kier molecular flexibility index (Phi) is 3.37. The van der Waals surface area contributed by atoms with Crippen molar-refractivity contribution >= 4 is 23.7 Å². The second-order valence-corrected chi connectivity index (χ2v) is 6.14. The van der Waals surface area contributed by atoms with Gasteiger partial charge in [-0.05, 0) is 66.8 Å². The molecule has 0 aromatic carbocycles. The maximum Gasteiger partial charge on any atom is 0.162 e. The van der Waals surface area contributed by atoms with Crippen molar-refractivity contribution in [2.24, 2.45) is 11.8 Å². The topological polar surface area (TPSA) is 60.4 Å². The van der Waals surface area contributed by atoms with Gasteiger partial charge in [-0.25, -0.2) is 0 Å². The second-order valence-electron chi connectivity index (χ2n) is 6.14. The Morgan fingerprint density at radius 2 is 1.30 bits per heavy atom. The first-order valence-corrected chi connectivity index (χ1v) is 7.77. The van der Waals surface area contributed by atoms with Gasteiger partial charge in [0.15, 0.2) is 11.6 Å². The highest BCUT2D eigenvalue weighted by Crippen LogP contribution is 2.41. The molecule has 116 valence electrons. The van der Waals surface area contributed by atoms with Crippen LogP contribution in [0.4, 0.5) is 0 Å². The minimum atomic E-state index is -0.117. The molecule has 4 rings (SSSR count). The summed E-state index contributed by atoms with van der Waals surface area (Å²) in [4.78, 5) is 25.3. The highest BCUT2D eigenvalue weighted by Gasteiger charge is 2.41. The summed E-state index contributed by atoms with van der Waals surface area (Å²) in [5.41, 5.74) is 1.40. The molecule has 2 aromatic rings. The summed E-state index contributed by atoms with van der Waals surface area (Å²) in [5.74, 6) is 1.35. The highest BCUT2D eigenvalue weighted by molar-refractivity contribution is 6.09. The lowest BCUT2D eigenvalue weighted by molar-refractivity contribution is -0.127. The maximum absolute atomic E-state index is 12.6. The van der Waals surface area contributed by atoms with Crippen LogP contribution in [0.25, 0.3) is 12.2 Å². The van der Waals surface area contributed by atoms with Gasteiger partial charge in [0.05, 0.1) is 12.5 Å². The summed E-state index contributed by atoms with van der Waals surface area (Å²) in [6, 6.07) is 7.20. The quantitative estimate of drug-likeness (QED) is 0.789. The van der Waals surface area contributed by atoms with E-state index in [1.54, 1.807) is 36.8 Å². The molecule has 2 aliphatic carbocycles. The number of hydrogen-bond acceptors (Lipinski definition) is 4. The van der Waals surface area contributed by atoms with Gasteiger partial charge in [0.25, 0.3) is 0 Å². The van der Waals surface area contributed by atoms with Gasteiger partial charge in [-0.3, -0.25) is 9.59 Å². The monoisotopic (exact) mass is 308 g/mol. The zero-order chi connectivity index (χ0) is 15.8. The SMILES string of the molecule is O=C1/C(=C\c2ccco2)C[C@H]2C[C@H]1C/C(=C\c1ccco1)C2=O. The molecule has 0 N–H and O–H groups in total. The summed E-state index contributed by atoms with van der Waals surface area (Å²) >= 11 is 0. The zero-order valence-corrected chi connectivity index (χ0v) is 12.5. The molecule has 0 radical (unpaired) electrons. The van der Waals surface area contributed by atoms with Crippen LogP contribution in [-0.4, -0.2) is 11.6 Å². The fourth-order valence-corrected chi connectivity index (χ4v) is 3.52. The molecule has 4 heteroatoms. The molecule has 2 bridgehead atoms. The molecule has 2 aromatic heterocycles. The molecule has 0 spiro atoms. The van der Waals surface area contributed by atoms with Gasteiger partial charge < -0.3 is 8.83 Å². The van der Waals surface area contributed by atoms with E-state index < -0.39 is 0 Å². The number of Topliss-reactive ketones (excluding diaryl/α,β-unsaturated/α-hetero) is 2. The second kappa shape index (κ2) is 5.54. The smallest absolute Gasteiger partial charge is 0.162 e. The van der Waals surface area contributed by atoms with Crippen LogP contribution < -0.4 is 0 Å². The van der Waals surface area contributed by atoms with Gasteiger partial charge in [-0.1, -0.05) is 0 Å². The van der Waals surface area contributed by atoms with E-state index in [9.17, 15) is 9.59 Å². The van der Waals surface area contributed by atoms with E-state index in [0.29, 0.717) is 41.9 Å². The van der Waals surface area contributed by atoms with E-state index in [-0.39, 0.29) is 23.4 Å². The lowest BCUT2D eigenvalue weighted by atomic mass is 9.67. The zero-order valence-electron chi connectivity index (χ0n) is 12.5. The molecule has 0 aliphatic heterocycles. The fourth-order valence-electron chi connectivity index (χ4n) is 3.52. The van der Waals surface area contributed by atoms with Crippen molar-refractivity contribution in [2.75, 3.05) is 0 Å². The van der Waals surface area contributed by atoms with Gasteiger partial charge in [0.2, 0.25) is 0 Å². The number of carbonyl (C=O) groups is 2. The molecule has 2 saturated carbocycles. The summed E-state index contributed by atoms with van der Waals surface area (Å²) in [7, 11) is 0. The Hall–Kier alpha value is -2.62. The van der Waals surface area contributed by atoms with Crippen LogP contribution in [0.2, 0.25) is 0 Å². The third-order valence-corrected chi connectivity index (χ3v) is 4.60. The Labute approximate surface area is 133 Å². The number of rotatable bonds is 2. The van der Waals surface area contributed by atoms with Gasteiger partial charge in [-0.15, -0.1) is 0 Å². The van der Waals surface area contributed by atoms with Crippen molar-refractivity contribution in [3.8, 4) is 0 Å². The number of ketones is 2. The maximum atomic E-state index is 12.6. The Morgan fingerprint density at radius 1 is 0.826 bits per heavy atom. The van der Waals surface area contributed by atoms with Crippen molar-refractivity contribution in [1.82, 2.24) is 0 Å². The van der Waals surface area contributed by atoms with E-state index in [1.165, 1.54) is 0 Å². The molecule has 2 heterocycles. The highest BCUT2D eigenvalue weighted by atomic mass is 16.3. The van der Waals surface area contributed by atoms with E-state index in [1.807, 2.05) is 12.1 Å². The molecule has 0 amide bonds. The van der Waals surface area contributed by atoms with Crippen LogP contribution in [0, 0.1) is 11.8 Å². The number of carbonyl (C=O) groups excluding carboxylic acids is 2. The van der Waals surface area contributed by atoms with Crippen molar-refractivity contribution in [3.63, 3.8) is 0 Å². The third-order valence-electron chi connectivity index (χ3n) is 4.60. The third kappa shape index (κ3) is 2.61. The van der Waals surface area contributed by atoms with Crippen LogP contribution in [0.1, 0.15) is 30.8 Å². The number of hydrogen-bond donors (Lipinski definition) is 0. The molecule has 2 atom stereocenters. The average Bonchev–Trinajstić information content (AvgIpc) is 3.22. The lowest BCUT2D eigenvalue weighted by Crippen LogP contribution is -2.37. The molecular formula is C19H16O4. The standard InChI is InChI=1S/C19H16O4/c20-18-13-7-12(8-14(18)10-16-3-1-5-22-16)19(21)15(9-13)11-17-4-2-6-23-17/h1-6,10-13H,7-9H2/b14-10-,15-11+/t12-,13+/m1/s1. The van der Waals surface area contributed by atoms with Crippen molar-refractivity contribution in [1.29, 1.82) is 0 Å². The van der Waals surface area contributed by atoms with Crippen molar-refractivity contribution in [2.45, 2.75) is 19.3 Å². The van der Waals surface area contributed by atoms with E-state index in [0.717, 1.165) is 0 Å². The van der Waals surface area contributed by atoms with Gasteiger partial charge in [0.1, 0.15) is 11.5 Å².